The van der Waals surface area contributed by atoms with Crippen molar-refractivity contribution >= 4 is 13.8 Å². The average Bonchev–Trinajstić information content (AvgIpc) is 2.82. The minimum absolute atomic E-state index is 0.0745. The summed E-state index contributed by atoms with van der Waals surface area (Å²) in [6.45, 7) is 1.44. The Morgan fingerprint density at radius 2 is 1.38 bits per heavy atom. The number of aliphatic hydroxyl groups is 1. The van der Waals surface area contributed by atoms with Crippen LogP contribution in [0.4, 0.5) is 0 Å². The van der Waals surface area contributed by atoms with Crippen LogP contribution in [0, 0.1) is 0 Å². The Morgan fingerprint density at radius 3 is 1.94 bits per heavy atom. The Morgan fingerprint density at radius 1 is 0.853 bits per heavy atom. The van der Waals surface area contributed by atoms with E-state index in [1.807, 2.05) is 0 Å². The van der Waals surface area contributed by atoms with E-state index in [1.54, 1.807) is 0 Å². The van der Waals surface area contributed by atoms with Crippen LogP contribution in [0.2, 0.25) is 0 Å². The van der Waals surface area contributed by atoms with Crippen molar-refractivity contribution in [3.8, 4) is 0 Å². The highest BCUT2D eigenvalue weighted by atomic mass is 31.2. The molecule has 0 bridgehead atoms. The fourth-order valence-corrected chi connectivity index (χ4v) is 4.16. The van der Waals surface area contributed by atoms with Gasteiger partial charge in [0, 0.05) is 13.0 Å². The zero-order chi connectivity index (χ0) is 25.3. The van der Waals surface area contributed by atoms with Gasteiger partial charge < -0.3 is 20.5 Å². The summed E-state index contributed by atoms with van der Waals surface area (Å²) in [5.74, 6) is -0.390. The molecular formula is C25H50NO7P. The summed E-state index contributed by atoms with van der Waals surface area (Å²) in [5.41, 5.74) is 5.17. The number of phosphoric acid groups is 1. The fourth-order valence-electron chi connectivity index (χ4n) is 3.39. The van der Waals surface area contributed by atoms with Crippen LogP contribution in [0.15, 0.2) is 12.2 Å². The number of aliphatic hydroxyl groups excluding tert-OH is 1. The molecule has 0 aliphatic heterocycles. The normalized spacial score (nSPS) is 14.4. The third kappa shape index (κ3) is 24.4. The summed E-state index contributed by atoms with van der Waals surface area (Å²) >= 11 is 0. The van der Waals surface area contributed by atoms with E-state index < -0.39 is 26.5 Å². The third-order valence-corrected chi connectivity index (χ3v) is 6.37. The summed E-state index contributed by atoms with van der Waals surface area (Å²) < 4.78 is 25.6. The predicted octanol–water partition coefficient (Wildman–Crippen LogP) is 5.80. The second kappa shape index (κ2) is 24.0. The Labute approximate surface area is 207 Å². The van der Waals surface area contributed by atoms with Gasteiger partial charge in [0.2, 0.25) is 0 Å². The van der Waals surface area contributed by atoms with Crippen molar-refractivity contribution in [2.75, 3.05) is 26.4 Å². The summed E-state index contributed by atoms with van der Waals surface area (Å²) in [4.78, 5) is 21.0. The Kier molecular flexibility index (Phi) is 23.4. The van der Waals surface area contributed by atoms with Gasteiger partial charge in [-0.05, 0) is 32.1 Å². The maximum atomic E-state index is 11.7. The largest absolute Gasteiger partial charge is 0.472 e. The summed E-state index contributed by atoms with van der Waals surface area (Å²) in [7, 11) is -4.24. The third-order valence-electron chi connectivity index (χ3n) is 5.38. The lowest BCUT2D eigenvalue weighted by molar-refractivity contribution is -0.147. The van der Waals surface area contributed by atoms with Crippen LogP contribution in [0.25, 0.3) is 0 Å². The summed E-state index contributed by atoms with van der Waals surface area (Å²) in [6.07, 6.45) is 22.0. The molecule has 0 aliphatic carbocycles. The Bertz CT molecular complexity index is 545. The maximum Gasteiger partial charge on any atom is 0.472 e. The number of phosphoric ester groups is 1. The highest BCUT2D eigenvalue weighted by molar-refractivity contribution is 7.47. The van der Waals surface area contributed by atoms with Crippen molar-refractivity contribution in [3.63, 3.8) is 0 Å². The van der Waals surface area contributed by atoms with Gasteiger partial charge in [-0.25, -0.2) is 4.57 Å². The molecule has 8 nitrogen and oxygen atoms in total. The lowest BCUT2D eigenvalue weighted by Crippen LogP contribution is -2.23. The number of rotatable bonds is 25. The van der Waals surface area contributed by atoms with E-state index in [9.17, 15) is 19.4 Å². The van der Waals surface area contributed by atoms with Crippen molar-refractivity contribution in [3.05, 3.63) is 12.2 Å². The van der Waals surface area contributed by atoms with E-state index in [0.29, 0.717) is 6.42 Å². The first-order valence-electron chi connectivity index (χ1n) is 13.2. The van der Waals surface area contributed by atoms with Gasteiger partial charge in [-0.2, -0.15) is 0 Å². The first kappa shape index (κ1) is 33.2. The molecule has 34 heavy (non-hydrogen) atoms. The Hall–Kier alpha value is -0.760. The van der Waals surface area contributed by atoms with E-state index in [2.05, 4.69) is 28.1 Å². The van der Waals surface area contributed by atoms with Crippen molar-refractivity contribution in [2.24, 2.45) is 5.73 Å². The van der Waals surface area contributed by atoms with Gasteiger partial charge in [0.05, 0.1) is 13.2 Å². The van der Waals surface area contributed by atoms with E-state index in [-0.39, 0.29) is 19.8 Å². The number of hydrogen-bond donors (Lipinski definition) is 3. The number of ether oxygens (including phenoxy) is 1. The van der Waals surface area contributed by atoms with Gasteiger partial charge in [0.25, 0.3) is 0 Å². The van der Waals surface area contributed by atoms with Crippen molar-refractivity contribution in [1.29, 1.82) is 0 Å². The van der Waals surface area contributed by atoms with Crippen LogP contribution in [-0.4, -0.2) is 48.4 Å². The highest BCUT2D eigenvalue weighted by Gasteiger charge is 2.22. The minimum atomic E-state index is -4.24. The molecule has 202 valence electrons. The molecule has 9 heteroatoms. The highest BCUT2D eigenvalue weighted by Crippen LogP contribution is 2.42. The molecule has 0 rings (SSSR count). The monoisotopic (exact) mass is 507 g/mol. The molecule has 0 heterocycles. The molecule has 2 unspecified atom stereocenters. The van der Waals surface area contributed by atoms with Crippen LogP contribution >= 0.6 is 7.82 Å². The van der Waals surface area contributed by atoms with E-state index in [4.69, 9.17) is 10.5 Å². The number of esters is 1. The molecule has 0 saturated heterocycles. The van der Waals surface area contributed by atoms with Crippen molar-refractivity contribution in [1.82, 2.24) is 0 Å². The van der Waals surface area contributed by atoms with Crippen LogP contribution in [0.5, 0.6) is 0 Å². The van der Waals surface area contributed by atoms with Crippen LogP contribution in [0.3, 0.4) is 0 Å². The topological polar surface area (TPSA) is 128 Å². The number of unbranched alkanes of at least 4 members (excludes halogenated alkanes) is 13. The standard InChI is InChI=1S/C25H50NO7P/c1-2-3-4-5-6-7-8-9-10-11-12-13-14-15-16-17-18-19-25(28)31-22-24(27)23-33-34(29,30)32-21-20-26/h9-10,24,27H,2-8,11-23,26H2,1H3,(H,29,30)/b10-9-. The molecule has 2 atom stereocenters. The molecule has 0 aliphatic rings. The molecule has 0 fully saturated rings. The zero-order valence-electron chi connectivity index (χ0n) is 21.3. The number of nitrogens with two attached hydrogens (primary N) is 1. The number of hydrogen-bond acceptors (Lipinski definition) is 7. The van der Waals surface area contributed by atoms with Crippen LogP contribution < -0.4 is 5.73 Å². The maximum absolute atomic E-state index is 11.7. The van der Waals surface area contributed by atoms with Gasteiger partial charge in [-0.1, -0.05) is 83.3 Å². The Balaban J connectivity index is 3.44. The molecular weight excluding hydrogens is 457 g/mol. The zero-order valence-corrected chi connectivity index (χ0v) is 22.2. The smallest absolute Gasteiger partial charge is 0.463 e. The van der Waals surface area contributed by atoms with Crippen molar-refractivity contribution < 1.29 is 33.1 Å². The van der Waals surface area contributed by atoms with E-state index in [0.717, 1.165) is 19.3 Å². The van der Waals surface area contributed by atoms with Gasteiger partial charge >= 0.3 is 13.8 Å². The van der Waals surface area contributed by atoms with Gasteiger partial charge in [0.1, 0.15) is 12.7 Å². The van der Waals surface area contributed by atoms with Crippen molar-refractivity contribution in [2.45, 2.75) is 116 Å². The second-order valence-electron chi connectivity index (χ2n) is 8.76. The van der Waals surface area contributed by atoms with Crippen LogP contribution in [-0.2, 0) is 23.1 Å². The number of carbonyl (C=O) groups excluding carboxylic acids is 1. The lowest BCUT2D eigenvalue weighted by atomic mass is 10.1. The summed E-state index contributed by atoms with van der Waals surface area (Å²) in [5, 5.41) is 9.69. The van der Waals surface area contributed by atoms with Crippen LogP contribution in [0.1, 0.15) is 110 Å². The van der Waals surface area contributed by atoms with Gasteiger partial charge in [-0.15, -0.1) is 0 Å². The second-order valence-corrected chi connectivity index (χ2v) is 10.2. The SMILES string of the molecule is CCCCCCCC/C=C\CCCCCCCCCC(=O)OCC(O)COP(=O)(O)OCCN. The van der Waals surface area contributed by atoms with E-state index in [1.165, 1.54) is 77.0 Å². The number of allylic oxidation sites excluding steroid dienone is 2. The average molecular weight is 508 g/mol. The molecule has 0 radical (unpaired) electrons. The molecule has 0 aromatic carbocycles. The first-order valence-corrected chi connectivity index (χ1v) is 14.7. The molecule has 0 amide bonds. The predicted molar refractivity (Wildman–Crippen MR) is 136 cm³/mol. The van der Waals surface area contributed by atoms with Gasteiger partial charge in [0.15, 0.2) is 0 Å². The molecule has 0 aromatic rings. The molecule has 0 aromatic heterocycles. The lowest BCUT2D eigenvalue weighted by Gasteiger charge is -2.15. The minimum Gasteiger partial charge on any atom is -0.463 e. The number of carbonyl (C=O) groups is 1. The van der Waals surface area contributed by atoms with E-state index >= 15 is 0 Å². The molecule has 0 saturated carbocycles. The fraction of sp³-hybridized carbons (Fsp3) is 0.880. The summed E-state index contributed by atoms with van der Waals surface area (Å²) in [6, 6.07) is 0. The van der Waals surface area contributed by atoms with Gasteiger partial charge in [-0.3, -0.25) is 13.8 Å². The molecule has 4 N–H and O–H groups in total. The first-order chi connectivity index (χ1) is 16.4. The quantitative estimate of drug-likeness (QED) is 0.0612. The molecule has 0 spiro atoms.